The first-order chi connectivity index (χ1) is 9.23. The van der Waals surface area contributed by atoms with Crippen LogP contribution in [-0.4, -0.2) is 43.3 Å². The van der Waals surface area contributed by atoms with E-state index in [2.05, 4.69) is 10.3 Å². The molecule has 2 N–H and O–H groups in total. The quantitative estimate of drug-likeness (QED) is 0.440. The highest BCUT2D eigenvalue weighted by atomic mass is 32.2. The molecule has 1 aromatic rings. The summed E-state index contributed by atoms with van der Waals surface area (Å²) in [6.07, 6.45) is 0. The molecular weight excluding hydrogens is 288 g/mol. The van der Waals surface area contributed by atoms with Crippen molar-refractivity contribution in [1.82, 2.24) is 14.9 Å². The molecule has 0 aliphatic carbocycles. The number of aryl methyl sites for hydroxylation is 1. The first-order valence-corrected chi connectivity index (χ1v) is 6.53. The maximum absolute atomic E-state index is 11.0. The molecule has 1 heterocycles. The molecule has 0 aliphatic heterocycles. The summed E-state index contributed by atoms with van der Waals surface area (Å²) in [4.78, 5) is 35.9. The van der Waals surface area contributed by atoms with Gasteiger partial charge in [-0.2, -0.15) is 0 Å². The zero-order valence-electron chi connectivity index (χ0n) is 11.1. The van der Waals surface area contributed by atoms with Crippen molar-refractivity contribution in [3.05, 3.63) is 15.9 Å². The van der Waals surface area contributed by atoms with E-state index in [1.165, 1.54) is 11.5 Å². The SMILES string of the molecule is CC(=O)N[C@@H](CSc1c([N+](=O)[O-])nc(C)n1C)C(=O)O. The fourth-order valence-corrected chi connectivity index (χ4v) is 2.56. The monoisotopic (exact) mass is 302 g/mol. The number of carboxylic acids is 1. The molecule has 1 amide bonds. The van der Waals surface area contributed by atoms with Gasteiger partial charge in [-0.25, -0.2) is 4.79 Å². The number of carbonyl (C=O) groups is 2. The highest BCUT2D eigenvalue weighted by molar-refractivity contribution is 7.99. The lowest BCUT2D eigenvalue weighted by atomic mass is 10.3. The van der Waals surface area contributed by atoms with Crippen LogP contribution >= 0.6 is 11.8 Å². The van der Waals surface area contributed by atoms with Gasteiger partial charge in [-0.15, -0.1) is 0 Å². The van der Waals surface area contributed by atoms with Gasteiger partial charge in [-0.3, -0.25) is 9.36 Å². The number of rotatable bonds is 6. The van der Waals surface area contributed by atoms with E-state index in [0.29, 0.717) is 5.82 Å². The van der Waals surface area contributed by atoms with Gasteiger partial charge in [0.05, 0.1) is 0 Å². The Bertz CT molecular complexity index is 556. The molecule has 0 spiro atoms. The molecule has 9 nitrogen and oxygen atoms in total. The van der Waals surface area contributed by atoms with Gasteiger partial charge in [0.2, 0.25) is 11.7 Å². The molecule has 110 valence electrons. The molecule has 0 saturated carbocycles. The number of carboxylic acid groups (broad SMARTS) is 1. The number of aromatic nitrogens is 2. The van der Waals surface area contributed by atoms with Gasteiger partial charge in [0, 0.05) is 26.6 Å². The van der Waals surface area contributed by atoms with Gasteiger partial charge in [0.25, 0.3) is 0 Å². The Balaban J connectivity index is 2.90. The molecule has 20 heavy (non-hydrogen) atoms. The average Bonchev–Trinajstić information content (AvgIpc) is 2.61. The van der Waals surface area contributed by atoms with Crippen molar-refractivity contribution in [2.24, 2.45) is 7.05 Å². The molecule has 0 aliphatic rings. The molecule has 10 heteroatoms. The van der Waals surface area contributed by atoms with Crippen LogP contribution in [0.4, 0.5) is 5.82 Å². The molecule has 0 fully saturated rings. The van der Waals surface area contributed by atoms with E-state index >= 15 is 0 Å². The second-order valence-electron chi connectivity index (χ2n) is 4.01. The Morgan fingerprint density at radius 2 is 2.20 bits per heavy atom. The standard InChI is InChI=1S/C10H14N4O5S/c1-5-11-8(14(18)19)9(13(5)3)20-4-7(10(16)17)12-6(2)15/h7H,4H2,1-3H3,(H,12,15)(H,16,17)/t7-/m0/s1. The van der Waals surface area contributed by atoms with Crippen molar-refractivity contribution < 1.29 is 19.6 Å². The lowest BCUT2D eigenvalue weighted by molar-refractivity contribution is -0.392. The summed E-state index contributed by atoms with van der Waals surface area (Å²) in [6.45, 7) is 2.82. The zero-order valence-corrected chi connectivity index (χ0v) is 11.9. The smallest absolute Gasteiger partial charge is 0.396 e. The minimum Gasteiger partial charge on any atom is -0.480 e. The van der Waals surface area contributed by atoms with Gasteiger partial charge < -0.3 is 20.5 Å². The van der Waals surface area contributed by atoms with Crippen LogP contribution in [0.3, 0.4) is 0 Å². The number of nitrogens with zero attached hydrogens (tertiary/aromatic N) is 3. The summed E-state index contributed by atoms with van der Waals surface area (Å²) in [7, 11) is 1.60. The van der Waals surface area contributed by atoms with Crippen molar-refractivity contribution in [1.29, 1.82) is 0 Å². The number of nitro groups is 1. The highest BCUT2D eigenvalue weighted by Gasteiger charge is 2.26. The summed E-state index contributed by atoms with van der Waals surface area (Å²) in [6, 6.07) is -1.12. The Labute approximate surface area is 118 Å². The van der Waals surface area contributed by atoms with Crippen LogP contribution in [0, 0.1) is 17.0 Å². The van der Waals surface area contributed by atoms with Crippen LogP contribution in [0.2, 0.25) is 0 Å². The Morgan fingerprint density at radius 1 is 1.60 bits per heavy atom. The van der Waals surface area contributed by atoms with E-state index in [1.54, 1.807) is 14.0 Å². The van der Waals surface area contributed by atoms with Gasteiger partial charge in [-0.1, -0.05) is 11.8 Å². The highest BCUT2D eigenvalue weighted by Crippen LogP contribution is 2.29. The maximum atomic E-state index is 11.0. The predicted octanol–water partition coefficient (Wildman–Crippen LogP) is 0.318. The van der Waals surface area contributed by atoms with Gasteiger partial charge in [0.1, 0.15) is 6.04 Å². The summed E-state index contributed by atoms with van der Waals surface area (Å²) in [5.74, 6) is -1.58. The summed E-state index contributed by atoms with van der Waals surface area (Å²) in [5, 5.41) is 22.4. The fraction of sp³-hybridized carbons (Fsp3) is 0.500. The number of hydrogen-bond donors (Lipinski definition) is 2. The topological polar surface area (TPSA) is 127 Å². The van der Waals surface area contributed by atoms with E-state index in [9.17, 15) is 19.7 Å². The Hall–Kier alpha value is -2.10. The van der Waals surface area contributed by atoms with Crippen LogP contribution < -0.4 is 5.32 Å². The largest absolute Gasteiger partial charge is 0.480 e. The van der Waals surface area contributed by atoms with Crippen LogP contribution in [-0.2, 0) is 16.6 Å². The molecule has 1 aromatic heterocycles. The molecular formula is C10H14N4O5S. The summed E-state index contributed by atoms with van der Waals surface area (Å²) in [5.41, 5.74) is 0. The number of carbonyl (C=O) groups excluding carboxylic acids is 1. The van der Waals surface area contributed by atoms with Crippen LogP contribution in [0.25, 0.3) is 0 Å². The van der Waals surface area contributed by atoms with E-state index in [-0.39, 0.29) is 16.6 Å². The van der Waals surface area contributed by atoms with Gasteiger partial charge >= 0.3 is 11.8 Å². The number of aliphatic carboxylic acids is 1. The van der Waals surface area contributed by atoms with Crippen molar-refractivity contribution in [2.75, 3.05) is 5.75 Å². The third kappa shape index (κ3) is 3.70. The van der Waals surface area contributed by atoms with Crippen LogP contribution in [0.1, 0.15) is 12.7 Å². The normalized spacial score (nSPS) is 11.9. The Kier molecular flexibility index (Phi) is 5.08. The van der Waals surface area contributed by atoms with Crippen molar-refractivity contribution in [3.8, 4) is 0 Å². The third-order valence-electron chi connectivity index (χ3n) is 2.48. The summed E-state index contributed by atoms with van der Waals surface area (Å²) < 4.78 is 1.51. The van der Waals surface area contributed by atoms with Gasteiger partial charge in [0.15, 0.2) is 5.03 Å². The predicted molar refractivity (Wildman–Crippen MR) is 70.6 cm³/mol. The van der Waals surface area contributed by atoms with E-state index in [1.807, 2.05) is 0 Å². The second-order valence-corrected chi connectivity index (χ2v) is 5.01. The molecule has 0 unspecified atom stereocenters. The number of thioether (sulfide) groups is 1. The minimum absolute atomic E-state index is 0.0330. The van der Waals surface area contributed by atoms with Crippen molar-refractivity contribution >= 4 is 29.5 Å². The zero-order chi connectivity index (χ0) is 15.4. The molecule has 1 atom stereocenters. The Morgan fingerprint density at radius 3 is 2.65 bits per heavy atom. The lowest BCUT2D eigenvalue weighted by Crippen LogP contribution is -2.41. The van der Waals surface area contributed by atoms with E-state index in [0.717, 1.165) is 11.8 Å². The lowest BCUT2D eigenvalue weighted by Gasteiger charge is -2.12. The number of imidazole rings is 1. The van der Waals surface area contributed by atoms with E-state index in [4.69, 9.17) is 5.11 Å². The molecule has 0 aromatic carbocycles. The third-order valence-corrected chi connectivity index (χ3v) is 3.71. The second kappa shape index (κ2) is 6.37. The van der Waals surface area contributed by atoms with E-state index < -0.39 is 22.8 Å². The molecule has 1 rings (SSSR count). The fourth-order valence-electron chi connectivity index (χ4n) is 1.44. The van der Waals surface area contributed by atoms with Crippen LogP contribution in [0.5, 0.6) is 0 Å². The first-order valence-electron chi connectivity index (χ1n) is 5.54. The minimum atomic E-state index is -1.20. The van der Waals surface area contributed by atoms with Crippen LogP contribution in [0.15, 0.2) is 5.03 Å². The molecule has 0 saturated heterocycles. The van der Waals surface area contributed by atoms with Gasteiger partial charge in [-0.05, 0) is 9.91 Å². The first kappa shape index (κ1) is 16.0. The number of nitrogens with one attached hydrogen (secondary N) is 1. The number of hydrogen-bond acceptors (Lipinski definition) is 6. The average molecular weight is 302 g/mol. The molecule has 0 radical (unpaired) electrons. The van der Waals surface area contributed by atoms with Crippen molar-refractivity contribution in [3.63, 3.8) is 0 Å². The maximum Gasteiger partial charge on any atom is 0.396 e. The molecule has 0 bridgehead atoms. The number of amides is 1. The van der Waals surface area contributed by atoms with Crippen molar-refractivity contribution in [2.45, 2.75) is 24.9 Å². The summed E-state index contributed by atoms with van der Waals surface area (Å²) >= 11 is 0.964.